The van der Waals surface area contributed by atoms with E-state index in [1.54, 1.807) is 26.0 Å². The summed E-state index contributed by atoms with van der Waals surface area (Å²) in [6.07, 6.45) is -2.53. The van der Waals surface area contributed by atoms with Gasteiger partial charge in [0.1, 0.15) is 0 Å². The van der Waals surface area contributed by atoms with Gasteiger partial charge >= 0.3 is 6.61 Å². The predicted molar refractivity (Wildman–Crippen MR) is 98.5 cm³/mol. The van der Waals surface area contributed by atoms with Crippen LogP contribution in [0.3, 0.4) is 0 Å². The molecule has 0 unspecified atom stereocenters. The molecule has 0 bridgehead atoms. The van der Waals surface area contributed by atoms with Crippen LogP contribution >= 0.6 is 24.0 Å². The number of alkyl halides is 4. The standard InChI is InChI=1S/C15H21F4N3O2.HI/c1-3-20-15(22-9-12(16)17)21-8-10-6-5-7-11(23-4-2)13(10)24-14(18)19;/h5-7,12,14H,3-4,8-9H2,1-2H3,(H2,20,21,22);1H. The molecule has 0 spiro atoms. The first kappa shape index (κ1) is 23.5. The first-order valence-corrected chi connectivity index (χ1v) is 7.47. The normalized spacial score (nSPS) is 11.3. The lowest BCUT2D eigenvalue weighted by molar-refractivity contribution is -0.0520. The molecule has 144 valence electrons. The van der Waals surface area contributed by atoms with Crippen LogP contribution in [0.5, 0.6) is 11.5 Å². The van der Waals surface area contributed by atoms with Crippen LogP contribution in [0.15, 0.2) is 23.2 Å². The molecule has 25 heavy (non-hydrogen) atoms. The van der Waals surface area contributed by atoms with Gasteiger partial charge in [0.15, 0.2) is 17.5 Å². The zero-order chi connectivity index (χ0) is 17.9. The largest absolute Gasteiger partial charge is 0.490 e. The Kier molecular flexibility index (Phi) is 12.1. The number of aliphatic imine (C=N–C) groups is 1. The maximum atomic E-state index is 12.6. The monoisotopic (exact) mass is 479 g/mol. The lowest BCUT2D eigenvalue weighted by Gasteiger charge is -2.15. The lowest BCUT2D eigenvalue weighted by atomic mass is 10.2. The Hall–Kier alpha value is -1.46. The van der Waals surface area contributed by atoms with Crippen molar-refractivity contribution in [2.75, 3.05) is 19.7 Å². The van der Waals surface area contributed by atoms with E-state index in [1.165, 1.54) is 6.07 Å². The number of nitrogens with zero attached hydrogens (tertiary/aromatic N) is 1. The highest BCUT2D eigenvalue weighted by Crippen LogP contribution is 2.33. The van der Waals surface area contributed by atoms with Crippen LogP contribution < -0.4 is 20.1 Å². The van der Waals surface area contributed by atoms with Crippen LogP contribution in [0.1, 0.15) is 19.4 Å². The maximum Gasteiger partial charge on any atom is 0.387 e. The molecule has 1 aromatic rings. The molecule has 0 saturated heterocycles. The van der Waals surface area contributed by atoms with Crippen molar-refractivity contribution in [2.24, 2.45) is 4.99 Å². The van der Waals surface area contributed by atoms with E-state index >= 15 is 0 Å². The molecule has 0 atom stereocenters. The number of hydrogen-bond acceptors (Lipinski definition) is 3. The second kappa shape index (κ2) is 12.8. The van der Waals surface area contributed by atoms with Crippen molar-refractivity contribution in [1.82, 2.24) is 10.6 Å². The Morgan fingerprint density at radius 1 is 1.16 bits per heavy atom. The molecule has 0 fully saturated rings. The molecule has 0 aliphatic heterocycles. The van der Waals surface area contributed by atoms with E-state index < -0.39 is 19.6 Å². The highest BCUT2D eigenvalue weighted by molar-refractivity contribution is 14.0. The number of ether oxygens (including phenoxy) is 2. The van der Waals surface area contributed by atoms with Gasteiger partial charge in [-0.15, -0.1) is 24.0 Å². The summed E-state index contributed by atoms with van der Waals surface area (Å²) in [5, 5.41) is 5.25. The van der Waals surface area contributed by atoms with Crippen LogP contribution in [-0.4, -0.2) is 38.7 Å². The van der Waals surface area contributed by atoms with Gasteiger partial charge in [0.2, 0.25) is 0 Å². The summed E-state index contributed by atoms with van der Waals surface area (Å²) in [6.45, 7) is 0.626. The van der Waals surface area contributed by atoms with E-state index in [0.29, 0.717) is 12.1 Å². The maximum absolute atomic E-state index is 12.6. The minimum atomic E-state index is -3.01. The van der Waals surface area contributed by atoms with Gasteiger partial charge in [0.25, 0.3) is 6.43 Å². The van der Waals surface area contributed by atoms with Crippen LogP contribution in [0.25, 0.3) is 0 Å². The molecule has 2 N–H and O–H groups in total. The zero-order valence-electron chi connectivity index (χ0n) is 13.9. The Labute approximate surface area is 161 Å². The van der Waals surface area contributed by atoms with Crippen molar-refractivity contribution in [2.45, 2.75) is 33.4 Å². The second-order valence-corrected chi connectivity index (χ2v) is 4.52. The highest BCUT2D eigenvalue weighted by atomic mass is 127. The van der Waals surface area contributed by atoms with Crippen molar-refractivity contribution in [3.05, 3.63) is 23.8 Å². The number of benzene rings is 1. The molecule has 0 aromatic heterocycles. The van der Waals surface area contributed by atoms with Crippen molar-refractivity contribution < 1.29 is 27.0 Å². The predicted octanol–water partition coefficient (Wildman–Crippen LogP) is 3.62. The average Bonchev–Trinajstić information content (AvgIpc) is 2.52. The third-order valence-electron chi connectivity index (χ3n) is 2.74. The summed E-state index contributed by atoms with van der Waals surface area (Å²) in [5.74, 6) is 0.224. The molecule has 0 amide bonds. The van der Waals surface area contributed by atoms with Crippen LogP contribution in [0, 0.1) is 0 Å². The van der Waals surface area contributed by atoms with Gasteiger partial charge in [0, 0.05) is 12.1 Å². The molecule has 0 aliphatic carbocycles. The van der Waals surface area contributed by atoms with Gasteiger partial charge < -0.3 is 20.1 Å². The summed E-state index contributed by atoms with van der Waals surface area (Å²) < 4.78 is 59.6. The minimum absolute atomic E-state index is 0. The Morgan fingerprint density at radius 3 is 2.44 bits per heavy atom. The Morgan fingerprint density at radius 2 is 1.88 bits per heavy atom. The highest BCUT2D eigenvalue weighted by Gasteiger charge is 2.15. The second-order valence-electron chi connectivity index (χ2n) is 4.52. The molecule has 5 nitrogen and oxygen atoms in total. The number of rotatable bonds is 9. The van der Waals surface area contributed by atoms with Crippen LogP contribution in [0.2, 0.25) is 0 Å². The third kappa shape index (κ3) is 8.98. The topological polar surface area (TPSA) is 54.9 Å². The van der Waals surface area contributed by atoms with Gasteiger partial charge in [0.05, 0.1) is 19.7 Å². The lowest BCUT2D eigenvalue weighted by Crippen LogP contribution is -2.39. The average molecular weight is 479 g/mol. The van der Waals surface area contributed by atoms with E-state index in [0.717, 1.165) is 0 Å². The molecule has 1 aromatic carbocycles. The van der Waals surface area contributed by atoms with Gasteiger partial charge in [-0.2, -0.15) is 8.78 Å². The van der Waals surface area contributed by atoms with Crippen LogP contribution in [-0.2, 0) is 6.54 Å². The van der Waals surface area contributed by atoms with E-state index in [9.17, 15) is 17.6 Å². The quantitative estimate of drug-likeness (QED) is 0.246. The molecular formula is C15H22F4IN3O2. The number of para-hydroxylation sites is 1. The van der Waals surface area contributed by atoms with Gasteiger partial charge in [-0.05, 0) is 19.9 Å². The fourth-order valence-corrected chi connectivity index (χ4v) is 1.86. The fraction of sp³-hybridized carbons (Fsp3) is 0.533. The Balaban J connectivity index is 0.00000576. The first-order chi connectivity index (χ1) is 11.5. The Bertz CT molecular complexity index is 533. The van der Waals surface area contributed by atoms with Gasteiger partial charge in [-0.3, -0.25) is 0 Å². The third-order valence-corrected chi connectivity index (χ3v) is 2.74. The summed E-state index contributed by atoms with van der Waals surface area (Å²) in [7, 11) is 0. The van der Waals surface area contributed by atoms with Crippen LogP contribution in [0.4, 0.5) is 17.6 Å². The van der Waals surface area contributed by atoms with E-state index in [1.807, 2.05) is 0 Å². The molecule has 0 aliphatic rings. The number of nitrogens with one attached hydrogen (secondary N) is 2. The number of hydrogen-bond donors (Lipinski definition) is 2. The smallest absolute Gasteiger partial charge is 0.387 e. The van der Waals surface area contributed by atoms with Crippen molar-refractivity contribution >= 4 is 29.9 Å². The first-order valence-electron chi connectivity index (χ1n) is 7.47. The zero-order valence-corrected chi connectivity index (χ0v) is 16.2. The molecule has 0 heterocycles. The summed E-state index contributed by atoms with van der Waals surface area (Å²) >= 11 is 0. The van der Waals surface area contributed by atoms with Gasteiger partial charge in [-0.1, -0.05) is 12.1 Å². The fourth-order valence-electron chi connectivity index (χ4n) is 1.86. The van der Waals surface area contributed by atoms with Crippen molar-refractivity contribution in [3.8, 4) is 11.5 Å². The molecule has 1 rings (SSSR count). The molecule has 0 saturated carbocycles. The van der Waals surface area contributed by atoms with Crippen molar-refractivity contribution in [1.29, 1.82) is 0 Å². The molecular weight excluding hydrogens is 457 g/mol. The molecule has 10 heteroatoms. The minimum Gasteiger partial charge on any atom is -0.490 e. The molecule has 0 radical (unpaired) electrons. The number of guanidine groups is 1. The number of halogens is 5. The van der Waals surface area contributed by atoms with E-state index in [2.05, 4.69) is 20.4 Å². The SMILES string of the molecule is CCNC(=NCc1cccc(OCC)c1OC(F)F)NCC(F)F.I. The van der Waals surface area contributed by atoms with Gasteiger partial charge in [-0.25, -0.2) is 13.8 Å². The summed E-state index contributed by atoms with van der Waals surface area (Å²) in [6, 6.07) is 4.68. The summed E-state index contributed by atoms with van der Waals surface area (Å²) in [5.41, 5.74) is 0.357. The van der Waals surface area contributed by atoms with E-state index in [4.69, 9.17) is 4.74 Å². The van der Waals surface area contributed by atoms with Crippen molar-refractivity contribution in [3.63, 3.8) is 0 Å². The summed E-state index contributed by atoms with van der Waals surface area (Å²) in [4.78, 5) is 4.11. The van der Waals surface area contributed by atoms with E-state index in [-0.39, 0.29) is 54.6 Å².